The van der Waals surface area contributed by atoms with E-state index in [0.717, 1.165) is 18.2 Å². The molecule has 4 rings (SSSR count). The van der Waals surface area contributed by atoms with Gasteiger partial charge >= 0.3 is 0 Å². The third-order valence-corrected chi connectivity index (χ3v) is 5.08. The Morgan fingerprint density at radius 2 is 1.92 bits per heavy atom. The molecule has 1 atom stereocenters. The van der Waals surface area contributed by atoms with Crippen LogP contribution in [-0.2, 0) is 6.54 Å². The molecule has 3 aromatic rings. The third-order valence-electron chi connectivity index (χ3n) is 4.27. The molecule has 26 heavy (non-hydrogen) atoms. The van der Waals surface area contributed by atoms with Crippen LogP contribution in [0.3, 0.4) is 0 Å². The van der Waals surface area contributed by atoms with Crippen molar-refractivity contribution < 1.29 is 13.6 Å². The normalized spacial score (nSPS) is 16.6. The van der Waals surface area contributed by atoms with Crippen LogP contribution in [0, 0.1) is 18.6 Å². The summed E-state index contributed by atoms with van der Waals surface area (Å²) in [5, 5.41) is 9.05. The first-order valence-corrected chi connectivity index (χ1v) is 8.72. The number of halogens is 2. The summed E-state index contributed by atoms with van der Waals surface area (Å²) in [5.41, 5.74) is -0.0257. The van der Waals surface area contributed by atoms with Crippen molar-refractivity contribution in [2.45, 2.75) is 26.4 Å². The Morgan fingerprint density at radius 1 is 1.19 bits per heavy atom. The largest absolute Gasteiger partial charge is 0.327 e. The van der Waals surface area contributed by atoms with Gasteiger partial charge in [-0.3, -0.25) is 4.79 Å². The molecule has 2 aromatic heterocycles. The number of carbonyl (C=O) groups is 1. The quantitative estimate of drug-likeness (QED) is 0.687. The lowest BCUT2D eigenvalue weighted by atomic mass is 10.1. The van der Waals surface area contributed by atoms with Gasteiger partial charge in [-0.1, -0.05) is 0 Å². The van der Waals surface area contributed by atoms with E-state index in [1.54, 1.807) is 6.92 Å². The van der Waals surface area contributed by atoms with Gasteiger partial charge < -0.3 is 9.47 Å². The lowest BCUT2D eigenvalue weighted by Crippen LogP contribution is -2.41. The number of amides is 1. The summed E-state index contributed by atoms with van der Waals surface area (Å²) >= 11 is 1.24. The molecule has 1 unspecified atom stereocenters. The van der Waals surface area contributed by atoms with E-state index in [9.17, 15) is 13.6 Å². The molecular weight excluding hydrogens is 362 g/mol. The Kier molecular flexibility index (Phi) is 3.98. The topological polar surface area (TPSA) is 76.8 Å². The number of aryl methyl sites for hydroxylation is 1. The Hall–Kier alpha value is -2.75. The van der Waals surface area contributed by atoms with Crippen LogP contribution in [0.4, 0.5) is 8.78 Å². The molecule has 0 radical (unpaired) electrons. The highest BCUT2D eigenvalue weighted by molar-refractivity contribution is 7.09. The first kappa shape index (κ1) is 16.7. The number of fused-ring (bicyclic) bond motifs is 1. The maximum atomic E-state index is 13.4. The monoisotopic (exact) mass is 376 g/mol. The smallest absolute Gasteiger partial charge is 0.254 e. The second-order valence-electron chi connectivity index (χ2n) is 6.01. The summed E-state index contributed by atoms with van der Waals surface area (Å²) in [6, 6.07) is 2.42. The van der Waals surface area contributed by atoms with Crippen molar-refractivity contribution in [2.24, 2.45) is 0 Å². The van der Waals surface area contributed by atoms with Gasteiger partial charge in [-0.2, -0.15) is 4.37 Å². The Labute approximate surface area is 151 Å². The maximum Gasteiger partial charge on any atom is 0.254 e. The standard InChI is InChI=1S/C16H14F2N6OS/c1-8-13-20-21-14(15-19-9(2)22-26-15)24(13)4-3-23(8)16(25)10-5-11(17)7-12(18)6-10/h5-8H,3-4H2,1-2H3. The van der Waals surface area contributed by atoms with Crippen molar-refractivity contribution in [3.63, 3.8) is 0 Å². The highest BCUT2D eigenvalue weighted by Crippen LogP contribution is 2.30. The van der Waals surface area contributed by atoms with Crippen molar-refractivity contribution >= 4 is 17.4 Å². The van der Waals surface area contributed by atoms with Gasteiger partial charge in [-0.25, -0.2) is 13.8 Å². The number of hydrogen-bond donors (Lipinski definition) is 0. The number of rotatable bonds is 2. The van der Waals surface area contributed by atoms with E-state index in [1.165, 1.54) is 16.4 Å². The van der Waals surface area contributed by atoms with Crippen LogP contribution in [0.15, 0.2) is 18.2 Å². The number of aromatic nitrogens is 5. The van der Waals surface area contributed by atoms with Crippen LogP contribution >= 0.6 is 11.5 Å². The van der Waals surface area contributed by atoms with Crippen LogP contribution < -0.4 is 0 Å². The molecule has 0 saturated carbocycles. The fraction of sp³-hybridized carbons (Fsp3) is 0.312. The second-order valence-corrected chi connectivity index (χ2v) is 6.76. The van der Waals surface area contributed by atoms with Crippen molar-refractivity contribution in [1.29, 1.82) is 0 Å². The third kappa shape index (κ3) is 2.75. The van der Waals surface area contributed by atoms with Crippen LogP contribution in [0.5, 0.6) is 0 Å². The molecular formula is C16H14F2N6OS. The van der Waals surface area contributed by atoms with Gasteiger partial charge in [0, 0.05) is 24.7 Å². The molecule has 0 saturated heterocycles. The lowest BCUT2D eigenvalue weighted by Gasteiger charge is -2.33. The molecule has 0 aliphatic carbocycles. The van der Waals surface area contributed by atoms with Crippen LogP contribution in [-0.4, -0.2) is 41.5 Å². The van der Waals surface area contributed by atoms with E-state index >= 15 is 0 Å². The zero-order chi connectivity index (χ0) is 18.4. The average Bonchev–Trinajstić information content (AvgIpc) is 3.20. The van der Waals surface area contributed by atoms with E-state index in [1.807, 2.05) is 11.5 Å². The SMILES string of the molecule is Cc1nsc(-c2nnc3n2CCN(C(=O)c2cc(F)cc(F)c2)C3C)n1. The highest BCUT2D eigenvalue weighted by atomic mass is 32.1. The lowest BCUT2D eigenvalue weighted by molar-refractivity contribution is 0.0637. The second kappa shape index (κ2) is 6.20. The van der Waals surface area contributed by atoms with Crippen molar-refractivity contribution in [1.82, 2.24) is 29.0 Å². The number of nitrogens with zero attached hydrogens (tertiary/aromatic N) is 6. The first-order chi connectivity index (χ1) is 12.4. The molecule has 1 amide bonds. The summed E-state index contributed by atoms with van der Waals surface area (Å²) in [7, 11) is 0. The minimum atomic E-state index is -0.782. The van der Waals surface area contributed by atoms with E-state index < -0.39 is 23.6 Å². The summed E-state index contributed by atoms with van der Waals surface area (Å²) in [5.74, 6) is -0.134. The predicted molar refractivity (Wildman–Crippen MR) is 89.5 cm³/mol. The minimum absolute atomic E-state index is 0.0257. The zero-order valence-electron chi connectivity index (χ0n) is 14.0. The molecule has 134 valence electrons. The zero-order valence-corrected chi connectivity index (χ0v) is 14.8. The molecule has 0 fully saturated rings. The molecule has 10 heteroatoms. The number of carbonyl (C=O) groups excluding carboxylic acids is 1. The van der Waals surface area contributed by atoms with Gasteiger partial charge in [0.15, 0.2) is 16.7 Å². The Bertz CT molecular complexity index is 980. The summed E-state index contributed by atoms with van der Waals surface area (Å²) in [6.45, 7) is 4.44. The summed E-state index contributed by atoms with van der Waals surface area (Å²) < 4.78 is 32.9. The molecule has 0 bridgehead atoms. The Morgan fingerprint density at radius 3 is 2.58 bits per heavy atom. The highest BCUT2D eigenvalue weighted by Gasteiger charge is 2.33. The van der Waals surface area contributed by atoms with Gasteiger partial charge in [-0.05, 0) is 37.5 Å². The molecule has 1 aliphatic heterocycles. The average molecular weight is 376 g/mol. The van der Waals surface area contributed by atoms with Crippen LogP contribution in [0.2, 0.25) is 0 Å². The van der Waals surface area contributed by atoms with E-state index in [4.69, 9.17) is 0 Å². The van der Waals surface area contributed by atoms with E-state index in [2.05, 4.69) is 19.6 Å². The number of hydrogen-bond acceptors (Lipinski definition) is 6. The van der Waals surface area contributed by atoms with Gasteiger partial charge in [0.05, 0.1) is 6.04 Å². The summed E-state index contributed by atoms with van der Waals surface area (Å²) in [4.78, 5) is 18.6. The Balaban J connectivity index is 1.65. The molecule has 0 N–H and O–H groups in total. The fourth-order valence-corrected chi connectivity index (χ4v) is 3.72. The fourth-order valence-electron chi connectivity index (χ4n) is 3.05. The van der Waals surface area contributed by atoms with Crippen molar-refractivity contribution in [2.75, 3.05) is 6.54 Å². The molecule has 1 aliphatic rings. The van der Waals surface area contributed by atoms with Gasteiger partial charge in [0.1, 0.15) is 17.5 Å². The maximum absolute atomic E-state index is 13.4. The molecule has 0 spiro atoms. The minimum Gasteiger partial charge on any atom is -0.327 e. The van der Waals surface area contributed by atoms with E-state index in [0.29, 0.717) is 35.6 Å². The van der Waals surface area contributed by atoms with Crippen molar-refractivity contribution in [3.8, 4) is 10.8 Å². The van der Waals surface area contributed by atoms with Crippen LogP contribution in [0.25, 0.3) is 10.8 Å². The van der Waals surface area contributed by atoms with Crippen molar-refractivity contribution in [3.05, 3.63) is 47.0 Å². The molecule has 7 nitrogen and oxygen atoms in total. The predicted octanol–water partition coefficient (Wildman–Crippen LogP) is 2.60. The molecule has 3 heterocycles. The van der Waals surface area contributed by atoms with Crippen LogP contribution in [0.1, 0.15) is 35.0 Å². The van der Waals surface area contributed by atoms with Gasteiger partial charge in [0.2, 0.25) is 0 Å². The van der Waals surface area contributed by atoms with Gasteiger partial charge in [0.25, 0.3) is 5.91 Å². The summed E-state index contributed by atoms with van der Waals surface area (Å²) in [6.07, 6.45) is 0. The van der Waals surface area contributed by atoms with Gasteiger partial charge in [-0.15, -0.1) is 10.2 Å². The van der Waals surface area contributed by atoms with E-state index in [-0.39, 0.29) is 5.56 Å². The molecule has 1 aromatic carbocycles. The number of benzene rings is 1. The first-order valence-electron chi connectivity index (χ1n) is 7.95.